The van der Waals surface area contributed by atoms with Gasteiger partial charge in [0.15, 0.2) is 0 Å². The van der Waals surface area contributed by atoms with Gasteiger partial charge in [0.2, 0.25) is 10.0 Å². The van der Waals surface area contributed by atoms with Crippen LogP contribution in [0.2, 0.25) is 5.02 Å². The third-order valence-corrected chi connectivity index (χ3v) is 7.64. The maximum absolute atomic E-state index is 13.0. The van der Waals surface area contributed by atoms with Gasteiger partial charge in [0.1, 0.15) is 5.75 Å². The van der Waals surface area contributed by atoms with Crippen molar-refractivity contribution in [3.63, 3.8) is 0 Å². The van der Waals surface area contributed by atoms with Gasteiger partial charge in [-0.15, -0.1) is 0 Å². The molecule has 0 radical (unpaired) electrons. The summed E-state index contributed by atoms with van der Waals surface area (Å²) in [6, 6.07) is 9.82. The van der Waals surface area contributed by atoms with Crippen LogP contribution in [-0.2, 0) is 10.0 Å². The number of carbonyl (C=O) groups excluding carboxylic acids is 1. The largest absolute Gasteiger partial charge is 0.496 e. The predicted octanol–water partition coefficient (Wildman–Crippen LogP) is 4.32. The Morgan fingerprint density at radius 2 is 1.90 bits per heavy atom. The Morgan fingerprint density at radius 3 is 2.50 bits per heavy atom. The van der Waals surface area contributed by atoms with Crippen molar-refractivity contribution in [1.82, 2.24) is 9.62 Å². The summed E-state index contributed by atoms with van der Waals surface area (Å²) in [7, 11) is -2.01. The van der Waals surface area contributed by atoms with Crippen molar-refractivity contribution in [3.05, 3.63) is 58.1 Å². The minimum Gasteiger partial charge on any atom is -0.496 e. The summed E-state index contributed by atoms with van der Waals surface area (Å²) < 4.78 is 32.5. The SMILES string of the molecule is CC[C@H](NC(=O)c1cc(S(=O)(=O)N2CCCC2)ccc1Cl)c1ccc(OC)c(C)c1. The molecular weight excluding hydrogens is 424 g/mol. The fourth-order valence-electron chi connectivity index (χ4n) is 3.69. The molecule has 30 heavy (non-hydrogen) atoms. The molecule has 1 aliphatic heterocycles. The van der Waals surface area contributed by atoms with E-state index in [0.717, 1.165) is 29.7 Å². The van der Waals surface area contributed by atoms with Gasteiger partial charge in [-0.1, -0.05) is 30.7 Å². The summed E-state index contributed by atoms with van der Waals surface area (Å²) in [6.07, 6.45) is 2.36. The first-order chi connectivity index (χ1) is 14.3. The maximum Gasteiger partial charge on any atom is 0.253 e. The molecule has 0 aliphatic carbocycles. The van der Waals surface area contributed by atoms with Crippen LogP contribution in [0.15, 0.2) is 41.3 Å². The Labute approximate surface area is 183 Å². The topological polar surface area (TPSA) is 75.7 Å². The number of rotatable bonds is 7. The summed E-state index contributed by atoms with van der Waals surface area (Å²) in [5.41, 5.74) is 2.07. The van der Waals surface area contributed by atoms with Crippen LogP contribution in [0, 0.1) is 6.92 Å². The summed E-state index contributed by atoms with van der Waals surface area (Å²) >= 11 is 6.25. The Balaban J connectivity index is 1.86. The molecular formula is C22H27ClN2O4S. The number of ether oxygens (including phenoxy) is 1. The Bertz CT molecular complexity index is 1030. The molecule has 1 saturated heterocycles. The van der Waals surface area contributed by atoms with Gasteiger partial charge in [-0.2, -0.15) is 4.31 Å². The number of benzene rings is 2. The first kappa shape index (κ1) is 22.6. The molecule has 0 spiro atoms. The van der Waals surface area contributed by atoms with Crippen LogP contribution in [0.4, 0.5) is 0 Å². The fraction of sp³-hybridized carbons (Fsp3) is 0.409. The number of amides is 1. The zero-order valence-electron chi connectivity index (χ0n) is 17.4. The average Bonchev–Trinajstić information content (AvgIpc) is 3.27. The third-order valence-electron chi connectivity index (χ3n) is 5.42. The molecule has 1 amide bonds. The number of nitrogens with one attached hydrogen (secondary N) is 1. The second-order valence-corrected chi connectivity index (χ2v) is 9.76. The van der Waals surface area contributed by atoms with Gasteiger partial charge in [0, 0.05) is 13.1 Å². The standard InChI is InChI=1S/C22H27ClN2O4S/c1-4-20(16-7-10-21(29-3)15(2)13-16)24-22(26)18-14-17(8-9-19(18)23)30(27,28)25-11-5-6-12-25/h7-10,13-14,20H,4-6,11-12H2,1-3H3,(H,24,26)/t20-/m0/s1. The number of halogens is 1. The summed E-state index contributed by atoms with van der Waals surface area (Å²) in [5.74, 6) is 0.376. The summed E-state index contributed by atoms with van der Waals surface area (Å²) in [5, 5.41) is 3.20. The first-order valence-electron chi connectivity index (χ1n) is 10.0. The average molecular weight is 451 g/mol. The van der Waals surface area contributed by atoms with E-state index in [4.69, 9.17) is 16.3 Å². The van der Waals surface area contributed by atoms with Crippen molar-refractivity contribution in [2.24, 2.45) is 0 Å². The predicted molar refractivity (Wildman–Crippen MR) is 118 cm³/mol. The van der Waals surface area contributed by atoms with E-state index in [9.17, 15) is 13.2 Å². The van der Waals surface area contributed by atoms with Crippen LogP contribution < -0.4 is 10.1 Å². The minimum absolute atomic E-state index is 0.0901. The maximum atomic E-state index is 13.0. The number of sulfonamides is 1. The zero-order valence-corrected chi connectivity index (χ0v) is 19.0. The Hall–Kier alpha value is -2.09. The van der Waals surface area contributed by atoms with Crippen molar-refractivity contribution in [1.29, 1.82) is 0 Å². The number of methoxy groups -OCH3 is 1. The first-order valence-corrected chi connectivity index (χ1v) is 11.8. The van der Waals surface area contributed by atoms with Crippen LogP contribution in [0.25, 0.3) is 0 Å². The third kappa shape index (κ3) is 4.63. The number of aryl methyl sites for hydroxylation is 1. The summed E-state index contributed by atoms with van der Waals surface area (Å²) in [4.78, 5) is 13.1. The lowest BCUT2D eigenvalue weighted by atomic mass is 10.0. The smallest absolute Gasteiger partial charge is 0.253 e. The van der Waals surface area contributed by atoms with Crippen molar-refractivity contribution >= 4 is 27.5 Å². The van der Waals surface area contributed by atoms with Gasteiger partial charge in [-0.05, 0) is 61.6 Å². The van der Waals surface area contributed by atoms with Gasteiger partial charge in [-0.25, -0.2) is 8.42 Å². The molecule has 0 unspecified atom stereocenters. The van der Waals surface area contributed by atoms with E-state index in [1.807, 2.05) is 32.0 Å². The lowest BCUT2D eigenvalue weighted by Crippen LogP contribution is -2.30. The Morgan fingerprint density at radius 1 is 1.20 bits per heavy atom. The van der Waals surface area contributed by atoms with Gasteiger partial charge in [0.25, 0.3) is 5.91 Å². The molecule has 1 N–H and O–H groups in total. The molecule has 6 nitrogen and oxygen atoms in total. The molecule has 162 valence electrons. The van der Waals surface area contributed by atoms with Crippen LogP contribution in [-0.4, -0.2) is 38.8 Å². The lowest BCUT2D eigenvalue weighted by molar-refractivity contribution is 0.0935. The molecule has 8 heteroatoms. The molecule has 1 heterocycles. The van der Waals surface area contributed by atoms with Crippen LogP contribution in [0.3, 0.4) is 0 Å². The molecule has 2 aromatic rings. The van der Waals surface area contributed by atoms with Gasteiger partial charge in [-0.3, -0.25) is 4.79 Å². The second-order valence-electron chi connectivity index (χ2n) is 7.42. The quantitative estimate of drug-likeness (QED) is 0.681. The van der Waals surface area contributed by atoms with Gasteiger partial charge < -0.3 is 10.1 Å². The molecule has 1 fully saturated rings. The monoisotopic (exact) mass is 450 g/mol. The van der Waals surface area contributed by atoms with Crippen molar-refractivity contribution in [2.75, 3.05) is 20.2 Å². The second kappa shape index (κ2) is 9.37. The van der Waals surface area contributed by atoms with E-state index < -0.39 is 15.9 Å². The van der Waals surface area contributed by atoms with Crippen LogP contribution >= 0.6 is 11.6 Å². The van der Waals surface area contributed by atoms with E-state index in [1.165, 1.54) is 22.5 Å². The highest BCUT2D eigenvalue weighted by Crippen LogP contribution is 2.27. The highest BCUT2D eigenvalue weighted by Gasteiger charge is 2.28. The number of carbonyl (C=O) groups is 1. The Kier molecular flexibility index (Phi) is 7.06. The molecule has 3 rings (SSSR count). The van der Waals surface area contributed by atoms with Crippen molar-refractivity contribution < 1.29 is 17.9 Å². The van der Waals surface area contributed by atoms with Crippen LogP contribution in [0.5, 0.6) is 5.75 Å². The van der Waals surface area contributed by atoms with E-state index in [2.05, 4.69) is 5.32 Å². The number of nitrogens with zero attached hydrogens (tertiary/aromatic N) is 1. The minimum atomic E-state index is -3.63. The number of hydrogen-bond donors (Lipinski definition) is 1. The highest BCUT2D eigenvalue weighted by atomic mass is 35.5. The molecule has 1 aliphatic rings. The zero-order chi connectivity index (χ0) is 21.9. The van der Waals surface area contributed by atoms with E-state index in [0.29, 0.717) is 19.5 Å². The molecule has 2 aromatic carbocycles. The van der Waals surface area contributed by atoms with E-state index >= 15 is 0 Å². The van der Waals surface area contributed by atoms with Crippen molar-refractivity contribution in [2.45, 2.75) is 44.0 Å². The molecule has 0 aromatic heterocycles. The highest BCUT2D eigenvalue weighted by molar-refractivity contribution is 7.89. The van der Waals surface area contributed by atoms with Gasteiger partial charge in [0.05, 0.1) is 28.6 Å². The van der Waals surface area contributed by atoms with E-state index in [-0.39, 0.29) is 21.5 Å². The normalized spacial score (nSPS) is 15.7. The lowest BCUT2D eigenvalue weighted by Gasteiger charge is -2.20. The van der Waals surface area contributed by atoms with Crippen molar-refractivity contribution in [3.8, 4) is 5.75 Å². The summed E-state index contributed by atoms with van der Waals surface area (Å²) in [6.45, 7) is 4.92. The van der Waals surface area contributed by atoms with Crippen LogP contribution in [0.1, 0.15) is 53.7 Å². The van der Waals surface area contributed by atoms with Gasteiger partial charge >= 0.3 is 0 Å². The van der Waals surface area contributed by atoms with E-state index in [1.54, 1.807) is 7.11 Å². The number of hydrogen-bond acceptors (Lipinski definition) is 4. The molecule has 1 atom stereocenters. The molecule has 0 bridgehead atoms. The molecule has 0 saturated carbocycles. The fourth-order valence-corrected chi connectivity index (χ4v) is 5.44.